The van der Waals surface area contributed by atoms with Crippen LogP contribution in [0.2, 0.25) is 0 Å². The van der Waals surface area contributed by atoms with Gasteiger partial charge in [0.05, 0.1) is 6.61 Å². The lowest BCUT2D eigenvalue weighted by atomic mass is 9.99. The van der Waals surface area contributed by atoms with Gasteiger partial charge in [0, 0.05) is 6.92 Å². The van der Waals surface area contributed by atoms with E-state index in [2.05, 4.69) is 5.32 Å². The van der Waals surface area contributed by atoms with E-state index in [4.69, 9.17) is 4.74 Å². The molecule has 0 aliphatic heterocycles. The highest BCUT2D eigenvalue weighted by Gasteiger charge is 2.24. The van der Waals surface area contributed by atoms with E-state index >= 15 is 0 Å². The Kier molecular flexibility index (Phi) is 5.90. The van der Waals surface area contributed by atoms with E-state index in [1.807, 2.05) is 19.1 Å². The molecule has 1 unspecified atom stereocenters. The van der Waals surface area contributed by atoms with Crippen LogP contribution in [0.1, 0.15) is 37.4 Å². The molecule has 0 saturated carbocycles. The number of amides is 1. The highest BCUT2D eigenvalue weighted by molar-refractivity contribution is 6.00. The number of aryl methyl sites for hydroxylation is 1. The van der Waals surface area contributed by atoms with Crippen LogP contribution in [-0.4, -0.2) is 24.3 Å². The van der Waals surface area contributed by atoms with Crippen LogP contribution in [0.3, 0.4) is 0 Å². The van der Waals surface area contributed by atoms with Crippen LogP contribution in [0.15, 0.2) is 24.3 Å². The van der Waals surface area contributed by atoms with Crippen LogP contribution in [0.5, 0.6) is 0 Å². The number of Topliss-reactive ketones (excluding diaryl/α,β-unsaturated/α-hetero) is 1. The van der Waals surface area contributed by atoms with Gasteiger partial charge in [0.2, 0.25) is 5.91 Å². The molecule has 5 nitrogen and oxygen atoms in total. The molecule has 5 heteroatoms. The maximum atomic E-state index is 12.1. The molecule has 0 aliphatic carbocycles. The van der Waals surface area contributed by atoms with Crippen LogP contribution in [0, 0.1) is 6.92 Å². The fourth-order valence-electron chi connectivity index (χ4n) is 1.77. The van der Waals surface area contributed by atoms with Gasteiger partial charge < -0.3 is 10.1 Å². The summed E-state index contributed by atoms with van der Waals surface area (Å²) >= 11 is 0. The number of benzene rings is 1. The topological polar surface area (TPSA) is 72.5 Å². The van der Waals surface area contributed by atoms with Gasteiger partial charge in [-0.2, -0.15) is 0 Å². The third-order valence-electron chi connectivity index (χ3n) is 2.70. The molecule has 0 fully saturated rings. The van der Waals surface area contributed by atoms with Gasteiger partial charge in [0.1, 0.15) is 12.5 Å². The van der Waals surface area contributed by atoms with Gasteiger partial charge in [-0.05, 0) is 19.4 Å². The maximum Gasteiger partial charge on any atom is 0.313 e. The number of esters is 1. The summed E-state index contributed by atoms with van der Waals surface area (Å²) < 4.78 is 4.75. The van der Waals surface area contributed by atoms with Gasteiger partial charge in [0.15, 0.2) is 5.78 Å². The van der Waals surface area contributed by atoms with Gasteiger partial charge >= 0.3 is 5.97 Å². The molecule has 0 heterocycles. The number of ether oxygens (including phenoxy) is 1. The van der Waals surface area contributed by atoms with Gasteiger partial charge in [-0.1, -0.05) is 29.8 Å². The molecule has 1 aromatic carbocycles. The lowest BCUT2D eigenvalue weighted by Gasteiger charge is -2.17. The van der Waals surface area contributed by atoms with Crippen molar-refractivity contribution in [3.8, 4) is 0 Å². The number of hydrogen-bond acceptors (Lipinski definition) is 4. The smallest absolute Gasteiger partial charge is 0.313 e. The van der Waals surface area contributed by atoms with Gasteiger partial charge in [-0.3, -0.25) is 14.4 Å². The number of carbonyl (C=O) groups excluding carboxylic acids is 3. The fourth-order valence-corrected chi connectivity index (χ4v) is 1.77. The maximum absolute atomic E-state index is 12.1. The van der Waals surface area contributed by atoms with Crippen molar-refractivity contribution in [2.45, 2.75) is 33.2 Å². The predicted molar refractivity (Wildman–Crippen MR) is 74.0 cm³/mol. The Bertz CT molecular complexity index is 493. The molecule has 0 bridgehead atoms. The van der Waals surface area contributed by atoms with E-state index in [0.29, 0.717) is 5.56 Å². The van der Waals surface area contributed by atoms with Crippen molar-refractivity contribution < 1.29 is 19.1 Å². The highest BCUT2D eigenvalue weighted by atomic mass is 16.5. The van der Waals surface area contributed by atoms with Crippen LogP contribution < -0.4 is 5.32 Å². The first kappa shape index (κ1) is 15.9. The van der Waals surface area contributed by atoms with Crippen molar-refractivity contribution in [3.05, 3.63) is 35.4 Å². The van der Waals surface area contributed by atoms with Crippen molar-refractivity contribution in [2.24, 2.45) is 0 Å². The zero-order valence-electron chi connectivity index (χ0n) is 11.9. The van der Waals surface area contributed by atoms with E-state index in [-0.39, 0.29) is 24.7 Å². The normalized spacial score (nSPS) is 11.6. The molecular weight excluding hydrogens is 258 g/mol. The molecule has 1 N–H and O–H groups in total. The van der Waals surface area contributed by atoms with Crippen molar-refractivity contribution >= 4 is 17.7 Å². The van der Waals surface area contributed by atoms with Crippen LogP contribution in [0.25, 0.3) is 0 Å². The number of nitrogens with one attached hydrogen (secondary N) is 1. The second kappa shape index (κ2) is 7.43. The molecule has 0 spiro atoms. The SMILES string of the molecule is CCOC(=O)CC(=O)C(NC(C)=O)c1ccc(C)cc1. The minimum atomic E-state index is -0.822. The first-order valence-electron chi connectivity index (χ1n) is 6.46. The number of ketones is 1. The van der Waals surface area contributed by atoms with Crippen molar-refractivity contribution in [1.82, 2.24) is 5.32 Å². The molecule has 0 aliphatic rings. The quantitative estimate of drug-likeness (QED) is 0.634. The molecule has 1 atom stereocenters. The largest absolute Gasteiger partial charge is 0.466 e. The number of rotatable bonds is 6. The minimum absolute atomic E-state index is 0.224. The van der Waals surface area contributed by atoms with Crippen LogP contribution in [-0.2, 0) is 19.1 Å². The summed E-state index contributed by atoms with van der Waals surface area (Å²) in [6.45, 7) is 5.16. The lowest BCUT2D eigenvalue weighted by molar-refractivity contribution is -0.146. The summed E-state index contributed by atoms with van der Waals surface area (Å²) in [5.41, 5.74) is 1.70. The molecule has 0 saturated heterocycles. The molecule has 1 rings (SSSR count). The molecule has 1 aromatic rings. The van der Waals surface area contributed by atoms with Crippen LogP contribution in [0.4, 0.5) is 0 Å². The van der Waals surface area contributed by atoms with E-state index in [9.17, 15) is 14.4 Å². The summed E-state index contributed by atoms with van der Waals surface area (Å²) in [6, 6.07) is 6.40. The molecular formula is C15H19NO4. The second-order valence-corrected chi connectivity index (χ2v) is 4.49. The average molecular weight is 277 g/mol. The lowest BCUT2D eigenvalue weighted by Crippen LogP contribution is -2.33. The Morgan fingerprint density at radius 1 is 1.20 bits per heavy atom. The molecule has 108 valence electrons. The highest BCUT2D eigenvalue weighted by Crippen LogP contribution is 2.17. The van der Waals surface area contributed by atoms with Gasteiger partial charge in [0.25, 0.3) is 0 Å². The summed E-state index contributed by atoms with van der Waals surface area (Å²) in [5, 5.41) is 2.57. The monoisotopic (exact) mass is 277 g/mol. The Hall–Kier alpha value is -2.17. The Labute approximate surface area is 118 Å². The first-order valence-corrected chi connectivity index (χ1v) is 6.46. The molecule has 0 aromatic heterocycles. The number of carbonyl (C=O) groups is 3. The van der Waals surface area contributed by atoms with Crippen molar-refractivity contribution in [3.63, 3.8) is 0 Å². The fraction of sp³-hybridized carbons (Fsp3) is 0.400. The molecule has 1 amide bonds. The van der Waals surface area contributed by atoms with E-state index in [0.717, 1.165) is 5.56 Å². The Morgan fingerprint density at radius 2 is 1.80 bits per heavy atom. The summed E-state index contributed by atoms with van der Waals surface area (Å²) in [4.78, 5) is 34.7. The van der Waals surface area contributed by atoms with Crippen molar-refractivity contribution in [1.29, 1.82) is 0 Å². The summed E-state index contributed by atoms with van der Waals surface area (Å²) in [6.07, 6.45) is -0.355. The Morgan fingerprint density at radius 3 is 2.30 bits per heavy atom. The van der Waals surface area contributed by atoms with E-state index in [1.165, 1.54) is 6.92 Å². The van der Waals surface area contributed by atoms with Crippen molar-refractivity contribution in [2.75, 3.05) is 6.61 Å². The first-order chi connectivity index (χ1) is 9.43. The molecule has 0 radical (unpaired) electrons. The minimum Gasteiger partial charge on any atom is -0.466 e. The predicted octanol–water partition coefficient (Wildman–Crippen LogP) is 1.69. The molecule has 20 heavy (non-hydrogen) atoms. The van der Waals surface area contributed by atoms with E-state index < -0.39 is 12.0 Å². The average Bonchev–Trinajstić information content (AvgIpc) is 2.37. The second-order valence-electron chi connectivity index (χ2n) is 4.49. The van der Waals surface area contributed by atoms with Gasteiger partial charge in [-0.25, -0.2) is 0 Å². The standard InChI is InChI=1S/C15H19NO4/c1-4-20-14(19)9-13(18)15(16-11(3)17)12-7-5-10(2)6-8-12/h5-8,15H,4,9H2,1-3H3,(H,16,17). The zero-order chi connectivity index (χ0) is 15.1. The third kappa shape index (κ3) is 4.84. The van der Waals surface area contributed by atoms with Crippen LogP contribution >= 0.6 is 0 Å². The van der Waals surface area contributed by atoms with E-state index in [1.54, 1.807) is 19.1 Å². The zero-order valence-corrected chi connectivity index (χ0v) is 11.9. The summed E-state index contributed by atoms with van der Waals surface area (Å²) in [5.74, 6) is -1.30. The number of hydrogen-bond donors (Lipinski definition) is 1. The Balaban J connectivity index is 2.88. The third-order valence-corrected chi connectivity index (χ3v) is 2.70. The van der Waals surface area contributed by atoms with Gasteiger partial charge in [-0.15, -0.1) is 0 Å². The summed E-state index contributed by atoms with van der Waals surface area (Å²) in [7, 11) is 0.